The molecule has 2 aliphatic rings. The number of aromatic nitrogens is 2. The monoisotopic (exact) mass is 285 g/mol. The molecule has 0 bridgehead atoms. The lowest BCUT2D eigenvalue weighted by atomic mass is 9.93. The average molecular weight is 285 g/mol. The number of rotatable bonds is 2. The molecule has 0 aromatic carbocycles. The van der Waals surface area contributed by atoms with Crippen LogP contribution in [0.2, 0.25) is 0 Å². The molecule has 1 amide bonds. The number of aromatic amines is 1. The van der Waals surface area contributed by atoms with Crippen LogP contribution in [0.25, 0.3) is 11.3 Å². The van der Waals surface area contributed by atoms with Gasteiger partial charge in [0, 0.05) is 23.6 Å². The van der Waals surface area contributed by atoms with Crippen molar-refractivity contribution in [2.45, 2.75) is 51.5 Å². The molecule has 110 valence electrons. The van der Waals surface area contributed by atoms with Crippen molar-refractivity contribution in [1.29, 1.82) is 0 Å². The first-order valence-corrected chi connectivity index (χ1v) is 7.70. The largest absolute Gasteiger partial charge is 0.455 e. The zero-order valence-corrected chi connectivity index (χ0v) is 12.2. The van der Waals surface area contributed by atoms with Crippen molar-refractivity contribution in [3.8, 4) is 11.3 Å². The Labute approximate surface area is 123 Å². The van der Waals surface area contributed by atoms with Gasteiger partial charge in [-0.3, -0.25) is 9.89 Å². The minimum absolute atomic E-state index is 0.0742. The highest BCUT2D eigenvalue weighted by Gasteiger charge is 2.29. The van der Waals surface area contributed by atoms with Crippen LogP contribution in [0.5, 0.6) is 0 Å². The number of carbonyl (C=O) groups is 1. The predicted octanol–water partition coefficient (Wildman–Crippen LogP) is 2.75. The van der Waals surface area contributed by atoms with Crippen molar-refractivity contribution < 1.29 is 9.21 Å². The lowest BCUT2D eigenvalue weighted by Crippen LogP contribution is -2.32. The minimum atomic E-state index is -0.0742. The number of carbonyl (C=O) groups excluding carboxylic acids is 1. The molecule has 0 unspecified atom stereocenters. The summed E-state index contributed by atoms with van der Waals surface area (Å²) >= 11 is 0. The molecular weight excluding hydrogens is 266 g/mol. The molecule has 0 radical (unpaired) electrons. The Morgan fingerprint density at radius 3 is 3.00 bits per heavy atom. The van der Waals surface area contributed by atoms with Crippen molar-refractivity contribution in [2.75, 3.05) is 0 Å². The Bertz CT molecular complexity index is 692. The summed E-state index contributed by atoms with van der Waals surface area (Å²) in [6.07, 6.45) is 8.18. The summed E-state index contributed by atoms with van der Waals surface area (Å²) in [6, 6.07) is 0.307. The van der Waals surface area contributed by atoms with E-state index < -0.39 is 0 Å². The van der Waals surface area contributed by atoms with E-state index in [1.807, 2.05) is 13.1 Å². The number of hydrogen-bond donors (Lipinski definition) is 2. The first-order valence-electron chi connectivity index (χ1n) is 7.70. The number of H-pyrrole nitrogens is 1. The fourth-order valence-corrected chi connectivity index (χ4v) is 3.58. The molecule has 0 saturated heterocycles. The molecule has 4 rings (SSSR count). The van der Waals surface area contributed by atoms with E-state index in [2.05, 4.69) is 15.5 Å². The van der Waals surface area contributed by atoms with Crippen LogP contribution in [0.15, 0.2) is 10.6 Å². The SMILES string of the molecule is Cc1c(C(=O)NC2CCCC2)oc2c1-c1[nH]ncc1CC2. The minimum Gasteiger partial charge on any atom is -0.455 e. The van der Waals surface area contributed by atoms with Gasteiger partial charge in [-0.25, -0.2) is 0 Å². The molecule has 0 atom stereocenters. The van der Waals surface area contributed by atoms with E-state index in [0.717, 1.165) is 48.3 Å². The van der Waals surface area contributed by atoms with Gasteiger partial charge in [0.15, 0.2) is 5.76 Å². The molecule has 2 aromatic rings. The third kappa shape index (κ3) is 1.99. The third-order valence-corrected chi connectivity index (χ3v) is 4.71. The molecule has 21 heavy (non-hydrogen) atoms. The van der Waals surface area contributed by atoms with Gasteiger partial charge in [-0.05, 0) is 31.7 Å². The van der Waals surface area contributed by atoms with Crippen molar-refractivity contribution in [2.24, 2.45) is 0 Å². The molecule has 5 nitrogen and oxygen atoms in total. The Morgan fingerprint density at radius 2 is 2.19 bits per heavy atom. The zero-order chi connectivity index (χ0) is 14.4. The molecule has 2 aliphatic carbocycles. The number of amides is 1. The van der Waals surface area contributed by atoms with Crippen LogP contribution >= 0.6 is 0 Å². The van der Waals surface area contributed by atoms with E-state index in [-0.39, 0.29) is 5.91 Å². The first-order chi connectivity index (χ1) is 10.2. The lowest BCUT2D eigenvalue weighted by Gasteiger charge is -2.10. The van der Waals surface area contributed by atoms with Crippen LogP contribution in [0.1, 0.15) is 53.1 Å². The third-order valence-electron chi connectivity index (χ3n) is 4.71. The molecule has 1 saturated carbocycles. The van der Waals surface area contributed by atoms with Crippen molar-refractivity contribution in [3.05, 3.63) is 28.8 Å². The highest BCUT2D eigenvalue weighted by molar-refractivity contribution is 5.95. The maximum absolute atomic E-state index is 12.5. The van der Waals surface area contributed by atoms with Gasteiger partial charge in [0.2, 0.25) is 0 Å². The topological polar surface area (TPSA) is 70.9 Å². The lowest BCUT2D eigenvalue weighted by molar-refractivity contribution is 0.0907. The smallest absolute Gasteiger partial charge is 0.287 e. The molecule has 1 fully saturated rings. The van der Waals surface area contributed by atoms with Gasteiger partial charge < -0.3 is 9.73 Å². The standard InChI is InChI=1S/C16H19N3O2/c1-9-13-12(7-6-10-8-17-19-14(10)13)21-15(9)16(20)18-11-4-2-3-5-11/h8,11H,2-7H2,1H3,(H,17,19)(H,18,20). The number of nitrogens with zero attached hydrogens (tertiary/aromatic N) is 1. The summed E-state index contributed by atoms with van der Waals surface area (Å²) in [6.45, 7) is 1.96. The number of hydrogen-bond acceptors (Lipinski definition) is 3. The summed E-state index contributed by atoms with van der Waals surface area (Å²) in [5.41, 5.74) is 4.17. The normalized spacial score (nSPS) is 17.6. The van der Waals surface area contributed by atoms with E-state index >= 15 is 0 Å². The van der Waals surface area contributed by atoms with Gasteiger partial charge in [0.1, 0.15) is 5.76 Å². The highest BCUT2D eigenvalue weighted by atomic mass is 16.4. The Balaban J connectivity index is 1.67. The van der Waals surface area contributed by atoms with Crippen molar-refractivity contribution in [1.82, 2.24) is 15.5 Å². The summed E-state index contributed by atoms with van der Waals surface area (Å²) in [5, 5.41) is 10.3. The zero-order valence-electron chi connectivity index (χ0n) is 12.2. The first kappa shape index (κ1) is 12.7. The number of aryl methyl sites for hydroxylation is 2. The van der Waals surface area contributed by atoms with Crippen LogP contribution in [0, 0.1) is 6.92 Å². The van der Waals surface area contributed by atoms with Gasteiger partial charge in [0.25, 0.3) is 5.91 Å². The quantitative estimate of drug-likeness (QED) is 0.891. The second-order valence-electron chi connectivity index (χ2n) is 6.08. The molecule has 0 spiro atoms. The van der Waals surface area contributed by atoms with Gasteiger partial charge in [-0.1, -0.05) is 12.8 Å². The summed E-state index contributed by atoms with van der Waals surface area (Å²) in [5.74, 6) is 1.30. The van der Waals surface area contributed by atoms with Crippen LogP contribution in [0.3, 0.4) is 0 Å². The summed E-state index contributed by atoms with van der Waals surface area (Å²) in [7, 11) is 0. The molecule has 2 heterocycles. The van der Waals surface area contributed by atoms with Crippen LogP contribution < -0.4 is 5.32 Å². The van der Waals surface area contributed by atoms with Gasteiger partial charge >= 0.3 is 0 Å². The maximum atomic E-state index is 12.5. The molecule has 0 aliphatic heterocycles. The van der Waals surface area contributed by atoms with Crippen molar-refractivity contribution in [3.63, 3.8) is 0 Å². The molecular formula is C16H19N3O2. The van der Waals surface area contributed by atoms with Crippen LogP contribution in [-0.4, -0.2) is 22.1 Å². The van der Waals surface area contributed by atoms with E-state index in [9.17, 15) is 4.79 Å². The van der Waals surface area contributed by atoms with E-state index in [1.165, 1.54) is 18.4 Å². The molecule has 5 heteroatoms. The molecule has 2 aromatic heterocycles. The maximum Gasteiger partial charge on any atom is 0.287 e. The summed E-state index contributed by atoms with van der Waals surface area (Å²) < 4.78 is 5.88. The highest BCUT2D eigenvalue weighted by Crippen LogP contribution is 2.37. The second-order valence-corrected chi connectivity index (χ2v) is 6.08. The predicted molar refractivity (Wildman–Crippen MR) is 78.2 cm³/mol. The average Bonchev–Trinajstić information content (AvgIpc) is 3.17. The van der Waals surface area contributed by atoms with E-state index in [1.54, 1.807) is 0 Å². The van der Waals surface area contributed by atoms with Crippen LogP contribution in [0.4, 0.5) is 0 Å². The van der Waals surface area contributed by atoms with Gasteiger partial charge in [-0.2, -0.15) is 5.10 Å². The number of furan rings is 1. The van der Waals surface area contributed by atoms with Gasteiger partial charge in [-0.15, -0.1) is 0 Å². The number of nitrogens with one attached hydrogen (secondary N) is 2. The van der Waals surface area contributed by atoms with Gasteiger partial charge in [0.05, 0.1) is 11.9 Å². The fourth-order valence-electron chi connectivity index (χ4n) is 3.58. The Kier molecular flexibility index (Phi) is 2.87. The van der Waals surface area contributed by atoms with Crippen molar-refractivity contribution >= 4 is 5.91 Å². The fraction of sp³-hybridized carbons (Fsp3) is 0.500. The molecule has 2 N–H and O–H groups in total. The van der Waals surface area contributed by atoms with Crippen LogP contribution in [-0.2, 0) is 12.8 Å². The summed E-state index contributed by atoms with van der Waals surface area (Å²) in [4.78, 5) is 12.5. The second kappa shape index (κ2) is 4.76. The Morgan fingerprint density at radius 1 is 1.38 bits per heavy atom. The van der Waals surface area contributed by atoms with E-state index in [0.29, 0.717) is 11.8 Å². The Hall–Kier alpha value is -2.04. The van der Waals surface area contributed by atoms with E-state index in [4.69, 9.17) is 4.42 Å². The number of fused-ring (bicyclic) bond motifs is 3.